The molecular weight excluding hydrogens is 371 g/mol. The van der Waals surface area contributed by atoms with Crippen LogP contribution in [0.15, 0.2) is 42.5 Å². The molecule has 28 heavy (non-hydrogen) atoms. The van der Waals surface area contributed by atoms with Crippen LogP contribution in [-0.2, 0) is 6.54 Å². The molecule has 8 heteroatoms. The number of hydrogen-bond donors (Lipinski definition) is 1. The van der Waals surface area contributed by atoms with Gasteiger partial charge in [-0.1, -0.05) is 18.2 Å². The van der Waals surface area contributed by atoms with Crippen molar-refractivity contribution in [2.75, 3.05) is 30.4 Å². The second-order valence-electron chi connectivity index (χ2n) is 6.63. The van der Waals surface area contributed by atoms with E-state index in [4.69, 9.17) is 0 Å². The summed E-state index contributed by atoms with van der Waals surface area (Å²) < 4.78 is 42.3. The lowest BCUT2D eigenvalue weighted by atomic mass is 10.1. The molecule has 2 aromatic carbocycles. The quantitative estimate of drug-likeness (QED) is 0.774. The lowest BCUT2D eigenvalue weighted by Crippen LogP contribution is -2.31. The molecule has 1 aliphatic rings. The van der Waals surface area contributed by atoms with Crippen molar-refractivity contribution < 1.29 is 22.7 Å². The van der Waals surface area contributed by atoms with Crippen molar-refractivity contribution in [3.8, 4) is 5.75 Å². The van der Waals surface area contributed by atoms with Crippen LogP contribution < -0.4 is 15.0 Å². The largest absolute Gasteiger partial charge is 0.432 e. The van der Waals surface area contributed by atoms with Crippen LogP contribution in [0, 0.1) is 5.82 Å². The van der Waals surface area contributed by atoms with Crippen LogP contribution in [0.3, 0.4) is 0 Å². The normalized spacial score (nSPS) is 13.7. The Morgan fingerprint density at radius 1 is 1.21 bits per heavy atom. The second kappa shape index (κ2) is 8.86. The number of nitrogens with zero attached hydrogens (tertiary/aromatic N) is 2. The fraction of sp³-hybridized carbons (Fsp3) is 0.350. The molecule has 0 aromatic heterocycles. The molecular formula is C20H22F3N3O2. The molecule has 1 heterocycles. The molecule has 0 spiro atoms. The van der Waals surface area contributed by atoms with Gasteiger partial charge in [0.25, 0.3) is 0 Å². The van der Waals surface area contributed by atoms with Crippen LogP contribution in [0.25, 0.3) is 0 Å². The van der Waals surface area contributed by atoms with E-state index < -0.39 is 24.2 Å². The molecule has 0 atom stereocenters. The van der Waals surface area contributed by atoms with Crippen LogP contribution in [0.5, 0.6) is 5.75 Å². The summed E-state index contributed by atoms with van der Waals surface area (Å²) in [6.45, 7) is -0.733. The Morgan fingerprint density at radius 3 is 2.61 bits per heavy atom. The van der Waals surface area contributed by atoms with Gasteiger partial charge >= 0.3 is 12.6 Å². The highest BCUT2D eigenvalue weighted by Gasteiger charge is 2.18. The molecule has 0 saturated carbocycles. The minimum absolute atomic E-state index is 0.156. The number of para-hydroxylation sites is 1. The molecule has 0 bridgehead atoms. The summed E-state index contributed by atoms with van der Waals surface area (Å²) in [6, 6.07) is 10.8. The lowest BCUT2D eigenvalue weighted by Gasteiger charge is -2.24. The van der Waals surface area contributed by atoms with E-state index in [1.165, 1.54) is 11.0 Å². The summed E-state index contributed by atoms with van der Waals surface area (Å²) >= 11 is 0. The molecule has 1 fully saturated rings. The molecule has 1 saturated heterocycles. The van der Waals surface area contributed by atoms with Gasteiger partial charge in [-0.3, -0.25) is 0 Å². The van der Waals surface area contributed by atoms with Crippen LogP contribution in [0.4, 0.5) is 29.3 Å². The highest BCUT2D eigenvalue weighted by Crippen LogP contribution is 2.26. The monoisotopic (exact) mass is 393 g/mol. The van der Waals surface area contributed by atoms with E-state index >= 15 is 0 Å². The van der Waals surface area contributed by atoms with Gasteiger partial charge in [0, 0.05) is 44.1 Å². The van der Waals surface area contributed by atoms with Gasteiger partial charge in [0.1, 0.15) is 0 Å². The Hall–Kier alpha value is -2.90. The summed E-state index contributed by atoms with van der Waals surface area (Å²) in [7, 11) is 1.64. The van der Waals surface area contributed by atoms with E-state index in [0.717, 1.165) is 49.3 Å². The van der Waals surface area contributed by atoms with Gasteiger partial charge in [-0.15, -0.1) is 0 Å². The van der Waals surface area contributed by atoms with E-state index in [2.05, 4.69) is 15.0 Å². The number of carbonyl (C=O) groups excluding carboxylic acids is 1. The third-order valence-corrected chi connectivity index (χ3v) is 4.59. The van der Waals surface area contributed by atoms with Gasteiger partial charge in [0.2, 0.25) is 0 Å². The summed E-state index contributed by atoms with van der Waals surface area (Å²) in [5.41, 5.74) is 2.29. The Kier molecular flexibility index (Phi) is 6.28. The number of halogens is 3. The number of ether oxygens (including phenoxy) is 1. The highest BCUT2D eigenvalue weighted by atomic mass is 19.3. The lowest BCUT2D eigenvalue weighted by molar-refractivity contribution is -0.0521. The van der Waals surface area contributed by atoms with Crippen molar-refractivity contribution in [1.29, 1.82) is 0 Å². The summed E-state index contributed by atoms with van der Waals surface area (Å²) in [4.78, 5) is 16.2. The number of anilines is 2. The standard InChI is InChI=1S/C20H22F3N3O2/c1-25(13-14-6-2-3-7-17(14)26-10-4-5-11-26)20(27)24-15-8-9-18(16(21)12-15)28-19(22)23/h2-3,6-9,12,19H,4-5,10-11,13H2,1H3,(H,24,27). The SMILES string of the molecule is CN(Cc1ccccc1N1CCCC1)C(=O)Nc1ccc(OC(F)F)c(F)c1. The Labute approximate surface area is 161 Å². The molecule has 5 nitrogen and oxygen atoms in total. The molecule has 1 aliphatic heterocycles. The Morgan fingerprint density at radius 2 is 1.93 bits per heavy atom. The minimum atomic E-state index is -3.11. The van der Waals surface area contributed by atoms with Crippen LogP contribution in [0.1, 0.15) is 18.4 Å². The van der Waals surface area contributed by atoms with E-state index in [-0.39, 0.29) is 5.69 Å². The maximum Gasteiger partial charge on any atom is 0.387 e. The Bertz CT molecular complexity index is 826. The topological polar surface area (TPSA) is 44.8 Å². The number of nitrogens with one attached hydrogen (secondary N) is 1. The number of alkyl halides is 2. The molecule has 0 aliphatic carbocycles. The zero-order chi connectivity index (χ0) is 20.1. The third kappa shape index (κ3) is 4.88. The fourth-order valence-corrected chi connectivity index (χ4v) is 3.23. The van der Waals surface area contributed by atoms with Crippen LogP contribution in [-0.4, -0.2) is 37.7 Å². The smallest absolute Gasteiger partial charge is 0.387 e. The molecule has 2 aromatic rings. The van der Waals surface area contributed by atoms with Crippen LogP contribution in [0.2, 0.25) is 0 Å². The van der Waals surface area contributed by atoms with Crippen molar-refractivity contribution >= 4 is 17.4 Å². The van der Waals surface area contributed by atoms with Crippen molar-refractivity contribution in [3.05, 3.63) is 53.8 Å². The van der Waals surface area contributed by atoms with Gasteiger partial charge in [-0.2, -0.15) is 8.78 Å². The predicted octanol–water partition coefficient (Wildman–Crippen LogP) is 4.69. The van der Waals surface area contributed by atoms with Crippen molar-refractivity contribution in [3.63, 3.8) is 0 Å². The van der Waals surface area contributed by atoms with E-state index in [1.807, 2.05) is 24.3 Å². The summed E-state index contributed by atoms with van der Waals surface area (Å²) in [5, 5.41) is 2.56. The zero-order valence-electron chi connectivity index (χ0n) is 15.5. The first-order chi connectivity index (χ1) is 13.4. The number of amides is 2. The van der Waals surface area contributed by atoms with Gasteiger partial charge in [-0.05, 0) is 36.6 Å². The third-order valence-electron chi connectivity index (χ3n) is 4.59. The first kappa shape index (κ1) is 19.9. The van der Waals surface area contributed by atoms with Crippen LogP contribution >= 0.6 is 0 Å². The number of hydrogen-bond acceptors (Lipinski definition) is 3. The Balaban J connectivity index is 1.65. The summed E-state index contributed by atoms with van der Waals surface area (Å²) in [6.07, 6.45) is 2.31. The average molecular weight is 393 g/mol. The van der Waals surface area contributed by atoms with Crippen molar-refractivity contribution in [2.45, 2.75) is 26.0 Å². The number of benzene rings is 2. The van der Waals surface area contributed by atoms with Gasteiger partial charge in [0.05, 0.1) is 0 Å². The fourth-order valence-electron chi connectivity index (χ4n) is 3.23. The van der Waals surface area contributed by atoms with Gasteiger partial charge in [-0.25, -0.2) is 9.18 Å². The highest BCUT2D eigenvalue weighted by molar-refractivity contribution is 5.89. The summed E-state index contributed by atoms with van der Waals surface area (Å²) in [5.74, 6) is -1.54. The van der Waals surface area contributed by atoms with Gasteiger partial charge in [0.15, 0.2) is 11.6 Å². The number of rotatable bonds is 6. The van der Waals surface area contributed by atoms with Crippen molar-refractivity contribution in [1.82, 2.24) is 4.90 Å². The number of carbonyl (C=O) groups is 1. The molecule has 0 radical (unpaired) electrons. The number of urea groups is 1. The molecule has 150 valence electrons. The van der Waals surface area contributed by atoms with E-state index in [1.54, 1.807) is 7.05 Å². The average Bonchev–Trinajstić information content (AvgIpc) is 3.18. The predicted molar refractivity (Wildman–Crippen MR) is 101 cm³/mol. The molecule has 0 unspecified atom stereocenters. The van der Waals surface area contributed by atoms with E-state index in [9.17, 15) is 18.0 Å². The maximum atomic E-state index is 13.8. The zero-order valence-corrected chi connectivity index (χ0v) is 15.5. The molecule has 3 rings (SSSR count). The first-order valence-corrected chi connectivity index (χ1v) is 9.03. The second-order valence-corrected chi connectivity index (χ2v) is 6.63. The van der Waals surface area contributed by atoms with Gasteiger partial charge < -0.3 is 19.9 Å². The first-order valence-electron chi connectivity index (χ1n) is 9.03. The molecule has 1 N–H and O–H groups in total. The minimum Gasteiger partial charge on any atom is -0.432 e. The maximum absolute atomic E-state index is 13.8. The van der Waals surface area contributed by atoms with E-state index in [0.29, 0.717) is 6.54 Å². The molecule has 2 amide bonds. The van der Waals surface area contributed by atoms with Crippen molar-refractivity contribution in [2.24, 2.45) is 0 Å².